The number of nitro groups is 1. The van der Waals surface area contributed by atoms with Crippen LogP contribution in [-0.2, 0) is 13.1 Å². The Morgan fingerprint density at radius 1 is 1.21 bits per heavy atom. The minimum Gasteiger partial charge on any atom is -0.348 e. The molecular formula is C20H19ClN4O3. The van der Waals surface area contributed by atoms with Gasteiger partial charge in [-0.05, 0) is 25.5 Å². The molecule has 0 bridgehead atoms. The van der Waals surface area contributed by atoms with Gasteiger partial charge in [-0.25, -0.2) is 0 Å². The summed E-state index contributed by atoms with van der Waals surface area (Å²) < 4.78 is 1.90. The Morgan fingerprint density at radius 2 is 1.93 bits per heavy atom. The van der Waals surface area contributed by atoms with Crippen molar-refractivity contribution in [3.63, 3.8) is 0 Å². The van der Waals surface area contributed by atoms with E-state index in [-0.39, 0.29) is 22.8 Å². The lowest BCUT2D eigenvalue weighted by Gasteiger charge is -2.08. The maximum atomic E-state index is 12.5. The molecule has 0 aliphatic carbocycles. The van der Waals surface area contributed by atoms with E-state index in [1.165, 1.54) is 18.2 Å². The zero-order valence-corrected chi connectivity index (χ0v) is 16.2. The molecule has 1 aromatic heterocycles. The SMILES string of the molecule is Cc1nn(Cc2ccccc2)c(C)c1CNC(=O)c1cc([N+](=O)[O-])ccc1Cl. The van der Waals surface area contributed by atoms with Crippen LogP contribution in [0.1, 0.15) is 32.9 Å². The van der Waals surface area contributed by atoms with E-state index in [9.17, 15) is 14.9 Å². The quantitative estimate of drug-likeness (QED) is 0.501. The van der Waals surface area contributed by atoms with Crippen molar-refractivity contribution in [2.75, 3.05) is 0 Å². The van der Waals surface area contributed by atoms with Crippen LogP contribution in [0.2, 0.25) is 5.02 Å². The van der Waals surface area contributed by atoms with Gasteiger partial charge in [0.15, 0.2) is 0 Å². The Labute approximate surface area is 167 Å². The zero-order chi connectivity index (χ0) is 20.3. The topological polar surface area (TPSA) is 90.1 Å². The lowest BCUT2D eigenvalue weighted by molar-refractivity contribution is -0.384. The predicted molar refractivity (Wildman–Crippen MR) is 107 cm³/mol. The zero-order valence-electron chi connectivity index (χ0n) is 15.5. The summed E-state index contributed by atoms with van der Waals surface area (Å²) >= 11 is 6.03. The fourth-order valence-electron chi connectivity index (χ4n) is 2.96. The first kappa shape index (κ1) is 19.6. The van der Waals surface area contributed by atoms with E-state index in [4.69, 9.17) is 11.6 Å². The highest BCUT2D eigenvalue weighted by molar-refractivity contribution is 6.33. The molecular weight excluding hydrogens is 380 g/mol. The average molecular weight is 399 g/mol. The Kier molecular flexibility index (Phi) is 5.75. The highest BCUT2D eigenvalue weighted by Crippen LogP contribution is 2.22. The number of amides is 1. The third-order valence-electron chi connectivity index (χ3n) is 4.54. The second-order valence-corrected chi connectivity index (χ2v) is 6.80. The van der Waals surface area contributed by atoms with Gasteiger partial charge in [0, 0.05) is 29.9 Å². The molecule has 1 heterocycles. The predicted octanol–water partition coefficient (Wildman–Crippen LogP) is 4.04. The van der Waals surface area contributed by atoms with Gasteiger partial charge in [-0.15, -0.1) is 0 Å². The Balaban J connectivity index is 1.75. The summed E-state index contributed by atoms with van der Waals surface area (Å²) in [5.74, 6) is -0.469. The van der Waals surface area contributed by atoms with Crippen molar-refractivity contribution >= 4 is 23.2 Å². The van der Waals surface area contributed by atoms with Crippen molar-refractivity contribution in [2.45, 2.75) is 26.9 Å². The maximum Gasteiger partial charge on any atom is 0.270 e. The largest absolute Gasteiger partial charge is 0.348 e. The number of carbonyl (C=O) groups excluding carboxylic acids is 1. The van der Waals surface area contributed by atoms with Crippen molar-refractivity contribution in [1.29, 1.82) is 0 Å². The van der Waals surface area contributed by atoms with Crippen LogP contribution in [0.25, 0.3) is 0 Å². The van der Waals surface area contributed by atoms with Crippen LogP contribution in [0.3, 0.4) is 0 Å². The van der Waals surface area contributed by atoms with E-state index in [0.29, 0.717) is 6.54 Å². The summed E-state index contributed by atoms with van der Waals surface area (Å²) in [5, 5.41) is 18.4. The molecule has 0 fully saturated rings. The average Bonchev–Trinajstić information content (AvgIpc) is 2.93. The normalized spacial score (nSPS) is 10.7. The fourth-order valence-corrected chi connectivity index (χ4v) is 3.17. The Hall–Kier alpha value is -3.19. The van der Waals surface area contributed by atoms with Gasteiger partial charge in [0.25, 0.3) is 11.6 Å². The lowest BCUT2D eigenvalue weighted by atomic mass is 10.1. The van der Waals surface area contributed by atoms with E-state index in [2.05, 4.69) is 10.4 Å². The molecule has 7 nitrogen and oxygen atoms in total. The number of benzene rings is 2. The van der Waals surface area contributed by atoms with Crippen molar-refractivity contribution in [1.82, 2.24) is 15.1 Å². The van der Waals surface area contributed by atoms with Crippen LogP contribution in [0, 0.1) is 24.0 Å². The number of hydrogen-bond donors (Lipinski definition) is 1. The van der Waals surface area contributed by atoms with Gasteiger partial charge in [0.1, 0.15) is 0 Å². The summed E-state index contributed by atoms with van der Waals surface area (Å²) in [5.41, 5.74) is 3.70. The molecule has 0 saturated heterocycles. The molecule has 0 atom stereocenters. The van der Waals surface area contributed by atoms with Gasteiger partial charge in [0.05, 0.1) is 27.7 Å². The molecule has 1 amide bonds. The van der Waals surface area contributed by atoms with E-state index >= 15 is 0 Å². The molecule has 2 aromatic carbocycles. The second kappa shape index (κ2) is 8.22. The number of rotatable bonds is 6. The first-order chi connectivity index (χ1) is 13.4. The minimum absolute atomic E-state index is 0.0721. The van der Waals surface area contributed by atoms with E-state index in [1.54, 1.807) is 0 Å². The molecule has 3 aromatic rings. The van der Waals surface area contributed by atoms with E-state index in [0.717, 1.165) is 22.5 Å². The molecule has 0 radical (unpaired) electrons. The molecule has 3 rings (SSSR count). The number of nitro benzene ring substituents is 1. The molecule has 28 heavy (non-hydrogen) atoms. The maximum absolute atomic E-state index is 12.5. The molecule has 144 valence electrons. The number of halogens is 1. The number of hydrogen-bond acceptors (Lipinski definition) is 4. The lowest BCUT2D eigenvalue weighted by Crippen LogP contribution is -2.24. The third kappa shape index (κ3) is 4.20. The molecule has 0 aliphatic rings. The van der Waals surface area contributed by atoms with E-state index < -0.39 is 10.8 Å². The number of nitrogens with zero attached hydrogens (tertiary/aromatic N) is 3. The monoisotopic (exact) mass is 398 g/mol. The molecule has 8 heteroatoms. The molecule has 1 N–H and O–H groups in total. The molecule has 0 spiro atoms. The van der Waals surface area contributed by atoms with Gasteiger partial charge in [0.2, 0.25) is 0 Å². The number of nitrogens with one attached hydrogen (secondary N) is 1. The second-order valence-electron chi connectivity index (χ2n) is 6.40. The first-order valence-corrected chi connectivity index (χ1v) is 9.03. The van der Waals surface area contributed by atoms with Crippen LogP contribution >= 0.6 is 11.6 Å². The Bertz CT molecular complexity index is 1030. The van der Waals surface area contributed by atoms with Crippen molar-refractivity contribution < 1.29 is 9.72 Å². The first-order valence-electron chi connectivity index (χ1n) is 8.65. The number of aromatic nitrogens is 2. The molecule has 0 aliphatic heterocycles. The number of aryl methyl sites for hydroxylation is 1. The van der Waals surface area contributed by atoms with Crippen LogP contribution in [0.15, 0.2) is 48.5 Å². The van der Waals surface area contributed by atoms with Crippen molar-refractivity contribution in [3.05, 3.63) is 91.7 Å². The van der Waals surface area contributed by atoms with Crippen molar-refractivity contribution in [2.24, 2.45) is 0 Å². The van der Waals surface area contributed by atoms with Crippen molar-refractivity contribution in [3.8, 4) is 0 Å². The molecule has 0 saturated carbocycles. The number of non-ortho nitro benzene ring substituents is 1. The van der Waals surface area contributed by atoms with Gasteiger partial charge in [-0.3, -0.25) is 19.6 Å². The summed E-state index contributed by atoms with van der Waals surface area (Å²) in [6.07, 6.45) is 0. The summed E-state index contributed by atoms with van der Waals surface area (Å²) in [6.45, 7) is 4.73. The van der Waals surface area contributed by atoms with Gasteiger partial charge < -0.3 is 5.32 Å². The number of carbonyl (C=O) groups is 1. The van der Waals surface area contributed by atoms with Crippen LogP contribution in [0.5, 0.6) is 0 Å². The fraction of sp³-hybridized carbons (Fsp3) is 0.200. The van der Waals surface area contributed by atoms with Gasteiger partial charge in [-0.1, -0.05) is 41.9 Å². The van der Waals surface area contributed by atoms with Crippen LogP contribution in [-0.4, -0.2) is 20.6 Å². The van der Waals surface area contributed by atoms with E-state index in [1.807, 2.05) is 48.9 Å². The third-order valence-corrected chi connectivity index (χ3v) is 4.87. The standard InChI is InChI=1S/C20H19ClN4O3/c1-13-18(14(2)24(23-13)12-15-6-4-3-5-7-15)11-22-20(26)17-10-16(25(27)28)8-9-19(17)21/h3-10H,11-12H2,1-2H3,(H,22,26). The summed E-state index contributed by atoms with van der Waals surface area (Å²) in [6, 6.07) is 13.8. The summed E-state index contributed by atoms with van der Waals surface area (Å²) in [4.78, 5) is 22.9. The molecule has 0 unspecified atom stereocenters. The van der Waals surface area contributed by atoms with Gasteiger partial charge >= 0.3 is 0 Å². The summed E-state index contributed by atoms with van der Waals surface area (Å²) in [7, 11) is 0. The van der Waals surface area contributed by atoms with Crippen LogP contribution < -0.4 is 5.32 Å². The Morgan fingerprint density at radius 3 is 2.61 bits per heavy atom. The van der Waals surface area contributed by atoms with Gasteiger partial charge in [-0.2, -0.15) is 5.10 Å². The highest BCUT2D eigenvalue weighted by Gasteiger charge is 2.17. The van der Waals surface area contributed by atoms with Crippen LogP contribution in [0.4, 0.5) is 5.69 Å². The highest BCUT2D eigenvalue weighted by atomic mass is 35.5. The smallest absolute Gasteiger partial charge is 0.270 e. The minimum atomic E-state index is -0.560.